The Kier molecular flexibility index (Phi) is 4.57. The molecule has 0 aliphatic heterocycles. The molecule has 1 aromatic rings. The second kappa shape index (κ2) is 6.18. The van der Waals surface area contributed by atoms with Gasteiger partial charge >= 0.3 is 0 Å². The fourth-order valence-electron chi connectivity index (χ4n) is 2.53. The van der Waals surface area contributed by atoms with Crippen molar-refractivity contribution in [2.75, 3.05) is 6.61 Å². The van der Waals surface area contributed by atoms with Crippen LogP contribution in [0.3, 0.4) is 0 Å². The van der Waals surface area contributed by atoms with Gasteiger partial charge in [-0.25, -0.2) is 0 Å². The van der Waals surface area contributed by atoms with Crippen LogP contribution in [-0.4, -0.2) is 17.8 Å². The molecule has 1 aliphatic carbocycles. The van der Waals surface area contributed by atoms with Crippen molar-refractivity contribution < 1.29 is 9.84 Å². The van der Waals surface area contributed by atoms with Crippen LogP contribution < -0.4 is 0 Å². The molecule has 2 heteroatoms. The van der Waals surface area contributed by atoms with Gasteiger partial charge in [0.2, 0.25) is 0 Å². The molecule has 0 spiro atoms. The van der Waals surface area contributed by atoms with Gasteiger partial charge in [-0.2, -0.15) is 0 Å². The van der Waals surface area contributed by atoms with Crippen molar-refractivity contribution in [3.05, 3.63) is 35.4 Å². The van der Waals surface area contributed by atoms with Crippen LogP contribution in [0, 0.1) is 0 Å². The van der Waals surface area contributed by atoms with E-state index in [4.69, 9.17) is 4.74 Å². The van der Waals surface area contributed by atoms with Gasteiger partial charge in [0.1, 0.15) is 0 Å². The number of aliphatic hydroxyl groups is 1. The molecule has 0 amide bonds. The van der Waals surface area contributed by atoms with Gasteiger partial charge in [-0.15, -0.1) is 0 Å². The third-order valence-corrected chi connectivity index (χ3v) is 3.43. The highest BCUT2D eigenvalue weighted by molar-refractivity contribution is 5.31. The average molecular weight is 234 g/mol. The first-order valence-corrected chi connectivity index (χ1v) is 6.68. The van der Waals surface area contributed by atoms with E-state index in [1.807, 2.05) is 0 Å². The largest absolute Gasteiger partial charge is 0.391 e. The summed E-state index contributed by atoms with van der Waals surface area (Å²) < 4.78 is 5.87. The Morgan fingerprint density at radius 2 is 2.24 bits per heavy atom. The van der Waals surface area contributed by atoms with E-state index in [9.17, 15) is 5.11 Å². The van der Waals surface area contributed by atoms with Gasteiger partial charge in [0.15, 0.2) is 0 Å². The van der Waals surface area contributed by atoms with Gasteiger partial charge in [0.05, 0.1) is 18.8 Å². The van der Waals surface area contributed by atoms with Crippen LogP contribution in [0.25, 0.3) is 0 Å². The molecule has 0 fully saturated rings. The Morgan fingerprint density at radius 1 is 1.41 bits per heavy atom. The van der Waals surface area contributed by atoms with Crippen molar-refractivity contribution in [2.45, 2.75) is 51.2 Å². The molecule has 94 valence electrons. The summed E-state index contributed by atoms with van der Waals surface area (Å²) in [5.41, 5.74) is 2.73. The number of hydrogen-bond donors (Lipinski definition) is 1. The Balaban J connectivity index is 1.94. The molecule has 17 heavy (non-hydrogen) atoms. The lowest BCUT2D eigenvalue weighted by Crippen LogP contribution is -2.20. The molecule has 0 saturated carbocycles. The lowest BCUT2D eigenvalue weighted by molar-refractivity contribution is -0.0199. The zero-order valence-electron chi connectivity index (χ0n) is 10.6. The maximum atomic E-state index is 9.70. The quantitative estimate of drug-likeness (QED) is 0.847. The molecule has 1 aliphatic rings. The molecule has 2 unspecified atom stereocenters. The van der Waals surface area contributed by atoms with Crippen molar-refractivity contribution in [3.63, 3.8) is 0 Å². The van der Waals surface area contributed by atoms with E-state index in [1.54, 1.807) is 0 Å². The molecule has 0 heterocycles. The Morgan fingerprint density at radius 3 is 3.06 bits per heavy atom. The molecular weight excluding hydrogens is 212 g/mol. The molecule has 0 radical (unpaired) electrons. The number of fused-ring (bicyclic) bond motifs is 1. The van der Waals surface area contributed by atoms with Crippen LogP contribution in [0.1, 0.15) is 49.8 Å². The summed E-state index contributed by atoms with van der Waals surface area (Å²) in [6.07, 6.45) is 5.13. The highest BCUT2D eigenvalue weighted by Crippen LogP contribution is 2.32. The summed E-state index contributed by atoms with van der Waals surface area (Å²) in [5, 5.41) is 9.70. The molecule has 0 aromatic heterocycles. The topological polar surface area (TPSA) is 29.5 Å². The van der Waals surface area contributed by atoms with Gasteiger partial charge in [-0.1, -0.05) is 37.6 Å². The van der Waals surface area contributed by atoms with E-state index in [-0.39, 0.29) is 12.2 Å². The van der Waals surface area contributed by atoms with E-state index in [1.165, 1.54) is 17.5 Å². The first-order valence-electron chi connectivity index (χ1n) is 6.68. The summed E-state index contributed by atoms with van der Waals surface area (Å²) in [6.45, 7) is 2.55. The number of benzene rings is 1. The highest BCUT2D eigenvalue weighted by atomic mass is 16.5. The zero-order valence-corrected chi connectivity index (χ0v) is 10.6. The maximum Gasteiger partial charge on any atom is 0.0829 e. The third kappa shape index (κ3) is 3.30. The maximum absolute atomic E-state index is 9.70. The van der Waals surface area contributed by atoms with Crippen LogP contribution >= 0.6 is 0 Å². The average Bonchev–Trinajstić information content (AvgIpc) is 2.36. The summed E-state index contributed by atoms with van der Waals surface area (Å²) in [4.78, 5) is 0. The van der Waals surface area contributed by atoms with Gasteiger partial charge in [-0.05, 0) is 36.8 Å². The van der Waals surface area contributed by atoms with Crippen LogP contribution in [0.15, 0.2) is 24.3 Å². The summed E-state index contributed by atoms with van der Waals surface area (Å²) in [6, 6.07) is 8.51. The van der Waals surface area contributed by atoms with Gasteiger partial charge in [0.25, 0.3) is 0 Å². The normalized spacial score (nSPS) is 20.9. The SMILES string of the molecule is CCCC(O)COC1CCCc2ccccc21. The third-order valence-electron chi connectivity index (χ3n) is 3.43. The minimum atomic E-state index is -0.311. The smallest absolute Gasteiger partial charge is 0.0829 e. The summed E-state index contributed by atoms with van der Waals surface area (Å²) >= 11 is 0. The number of ether oxygens (including phenoxy) is 1. The molecule has 1 N–H and O–H groups in total. The molecule has 0 bridgehead atoms. The van der Waals surface area contributed by atoms with Gasteiger partial charge in [-0.3, -0.25) is 0 Å². The van der Waals surface area contributed by atoms with E-state index < -0.39 is 0 Å². The molecular formula is C15H22O2. The van der Waals surface area contributed by atoms with Crippen molar-refractivity contribution in [1.82, 2.24) is 0 Å². The van der Waals surface area contributed by atoms with Crippen molar-refractivity contribution in [1.29, 1.82) is 0 Å². The lowest BCUT2D eigenvalue weighted by Gasteiger charge is -2.26. The van der Waals surface area contributed by atoms with Crippen LogP contribution in [0.2, 0.25) is 0 Å². The second-order valence-electron chi connectivity index (χ2n) is 4.86. The molecule has 2 atom stereocenters. The van der Waals surface area contributed by atoms with Gasteiger partial charge in [0, 0.05) is 0 Å². The molecule has 2 rings (SSSR count). The number of aliphatic hydroxyl groups excluding tert-OH is 1. The van der Waals surface area contributed by atoms with Crippen molar-refractivity contribution >= 4 is 0 Å². The van der Waals surface area contributed by atoms with E-state index in [2.05, 4.69) is 31.2 Å². The first-order chi connectivity index (χ1) is 8.31. The molecule has 2 nitrogen and oxygen atoms in total. The highest BCUT2D eigenvalue weighted by Gasteiger charge is 2.20. The lowest BCUT2D eigenvalue weighted by atomic mass is 9.89. The standard InChI is InChI=1S/C15H22O2/c1-2-6-13(16)11-17-15-10-5-8-12-7-3-4-9-14(12)15/h3-4,7,9,13,15-16H,2,5-6,8,10-11H2,1H3. The summed E-state index contributed by atoms with van der Waals surface area (Å²) in [5.74, 6) is 0. The van der Waals surface area contributed by atoms with Crippen molar-refractivity contribution in [2.24, 2.45) is 0 Å². The molecule has 1 aromatic carbocycles. The molecule has 0 saturated heterocycles. The fraction of sp³-hybridized carbons (Fsp3) is 0.600. The second-order valence-corrected chi connectivity index (χ2v) is 4.86. The monoisotopic (exact) mass is 234 g/mol. The number of aryl methyl sites for hydroxylation is 1. The minimum absolute atomic E-state index is 0.187. The van der Waals surface area contributed by atoms with Crippen LogP contribution in [0.5, 0.6) is 0 Å². The van der Waals surface area contributed by atoms with Crippen LogP contribution in [0.4, 0.5) is 0 Å². The summed E-state index contributed by atoms with van der Waals surface area (Å²) in [7, 11) is 0. The van der Waals surface area contributed by atoms with E-state index >= 15 is 0 Å². The Bertz CT molecular complexity index is 349. The minimum Gasteiger partial charge on any atom is -0.391 e. The number of rotatable bonds is 5. The van der Waals surface area contributed by atoms with Crippen LogP contribution in [-0.2, 0) is 11.2 Å². The van der Waals surface area contributed by atoms with Gasteiger partial charge < -0.3 is 9.84 Å². The Labute approximate surface area is 104 Å². The van der Waals surface area contributed by atoms with E-state index in [0.717, 1.165) is 25.7 Å². The predicted molar refractivity (Wildman–Crippen MR) is 69.0 cm³/mol. The zero-order chi connectivity index (χ0) is 12.1. The van der Waals surface area contributed by atoms with Crippen molar-refractivity contribution in [3.8, 4) is 0 Å². The van der Waals surface area contributed by atoms with E-state index in [0.29, 0.717) is 6.61 Å². The fourth-order valence-corrected chi connectivity index (χ4v) is 2.53. The Hall–Kier alpha value is -0.860. The predicted octanol–water partition coefficient (Wildman–Crippen LogP) is 3.24. The number of hydrogen-bond acceptors (Lipinski definition) is 2. The first kappa shape index (κ1) is 12.6.